The van der Waals surface area contributed by atoms with Crippen molar-refractivity contribution in [2.75, 3.05) is 10.6 Å². The third-order valence-corrected chi connectivity index (χ3v) is 5.84. The summed E-state index contributed by atoms with van der Waals surface area (Å²) in [5.74, 6) is -2.05. The number of rotatable bonds is 6. The van der Waals surface area contributed by atoms with Crippen LogP contribution >= 0.6 is 0 Å². The number of anilines is 3. The molecule has 0 aliphatic carbocycles. The van der Waals surface area contributed by atoms with Crippen LogP contribution < -0.4 is 10.6 Å². The molecule has 5 rings (SSSR count). The molecule has 5 nitrogen and oxygen atoms in total. The summed E-state index contributed by atoms with van der Waals surface area (Å²) >= 11 is 0. The molecule has 0 aliphatic rings. The fraction of sp³-hybridized carbons (Fsp3) is 0.0714. The molecule has 0 atom stereocenters. The van der Waals surface area contributed by atoms with Crippen molar-refractivity contribution in [1.29, 1.82) is 0 Å². The number of aryl methyl sites for hydroxylation is 1. The predicted molar refractivity (Wildman–Crippen MR) is 135 cm³/mol. The van der Waals surface area contributed by atoms with Crippen LogP contribution in [0.5, 0.6) is 0 Å². The quantitative estimate of drug-likeness (QED) is 0.258. The predicted octanol–water partition coefficient (Wildman–Crippen LogP) is 6.74. The van der Waals surface area contributed by atoms with Crippen molar-refractivity contribution in [3.63, 3.8) is 0 Å². The Morgan fingerprint density at radius 3 is 2.60 bits per heavy atom. The van der Waals surface area contributed by atoms with Gasteiger partial charge in [0, 0.05) is 39.7 Å². The SMILES string of the molecule is Cc1[nH]c2ccccc2c1CC(=O)Nc1ccc(Nc2cccnc2)c(-c2ccc(F)c(F)c2)c1. The second-order valence-electron chi connectivity index (χ2n) is 8.26. The van der Waals surface area contributed by atoms with E-state index in [0.717, 1.165) is 40.0 Å². The zero-order valence-corrected chi connectivity index (χ0v) is 18.9. The molecule has 1 amide bonds. The van der Waals surface area contributed by atoms with Crippen molar-refractivity contribution in [1.82, 2.24) is 9.97 Å². The number of H-pyrrole nitrogens is 1. The van der Waals surface area contributed by atoms with Crippen molar-refractivity contribution in [2.24, 2.45) is 0 Å². The van der Waals surface area contributed by atoms with Gasteiger partial charge in [0.15, 0.2) is 11.6 Å². The first kappa shape index (κ1) is 22.3. The lowest BCUT2D eigenvalue weighted by molar-refractivity contribution is -0.115. The van der Waals surface area contributed by atoms with Gasteiger partial charge >= 0.3 is 0 Å². The second kappa shape index (κ2) is 9.38. The summed E-state index contributed by atoms with van der Waals surface area (Å²) in [4.78, 5) is 20.3. The number of carbonyl (C=O) groups excluding carboxylic acids is 1. The number of pyridine rings is 1. The molecular weight excluding hydrogens is 446 g/mol. The molecule has 0 fully saturated rings. The standard InChI is InChI=1S/C28H22F2N4O/c1-17-22(21-6-2-3-7-26(21)32-17)15-28(35)34-19-9-11-27(33-20-5-4-12-31-16-20)23(14-19)18-8-10-24(29)25(30)13-18/h2-14,16,32-33H,15H2,1H3,(H,34,35). The van der Waals surface area contributed by atoms with Gasteiger partial charge in [-0.05, 0) is 66.6 Å². The zero-order valence-electron chi connectivity index (χ0n) is 18.9. The normalized spacial score (nSPS) is 10.9. The van der Waals surface area contributed by atoms with Crippen LogP contribution in [-0.2, 0) is 11.2 Å². The van der Waals surface area contributed by atoms with Gasteiger partial charge in [-0.3, -0.25) is 9.78 Å². The fourth-order valence-electron chi connectivity index (χ4n) is 4.15. The van der Waals surface area contributed by atoms with E-state index in [2.05, 4.69) is 20.6 Å². The summed E-state index contributed by atoms with van der Waals surface area (Å²) in [5.41, 5.74) is 5.89. The lowest BCUT2D eigenvalue weighted by Crippen LogP contribution is -2.15. The van der Waals surface area contributed by atoms with Crippen molar-refractivity contribution < 1.29 is 13.6 Å². The fourth-order valence-corrected chi connectivity index (χ4v) is 4.15. The molecule has 0 radical (unpaired) electrons. The van der Waals surface area contributed by atoms with E-state index < -0.39 is 11.6 Å². The zero-order chi connectivity index (χ0) is 24.4. The minimum Gasteiger partial charge on any atom is -0.358 e. The van der Waals surface area contributed by atoms with Gasteiger partial charge in [0.1, 0.15) is 0 Å². The van der Waals surface area contributed by atoms with Crippen molar-refractivity contribution in [3.8, 4) is 11.1 Å². The van der Waals surface area contributed by atoms with Crippen molar-refractivity contribution >= 4 is 33.9 Å². The smallest absolute Gasteiger partial charge is 0.228 e. The van der Waals surface area contributed by atoms with Gasteiger partial charge < -0.3 is 15.6 Å². The molecule has 0 spiro atoms. The summed E-state index contributed by atoms with van der Waals surface area (Å²) in [6, 6.07) is 20.5. The molecule has 0 unspecified atom stereocenters. The maximum absolute atomic E-state index is 14.0. The lowest BCUT2D eigenvalue weighted by Gasteiger charge is -2.15. The molecule has 5 aromatic rings. The van der Waals surface area contributed by atoms with Gasteiger partial charge in [-0.15, -0.1) is 0 Å². The molecule has 35 heavy (non-hydrogen) atoms. The van der Waals surface area contributed by atoms with Crippen molar-refractivity contribution in [2.45, 2.75) is 13.3 Å². The van der Waals surface area contributed by atoms with Crippen LogP contribution in [0, 0.1) is 18.6 Å². The number of carbonyl (C=O) groups is 1. The van der Waals surface area contributed by atoms with Crippen molar-refractivity contribution in [3.05, 3.63) is 108 Å². The molecular formula is C28H22F2N4O. The van der Waals surface area contributed by atoms with Gasteiger partial charge in [0.2, 0.25) is 5.91 Å². The van der Waals surface area contributed by atoms with Gasteiger partial charge in [-0.1, -0.05) is 24.3 Å². The van der Waals surface area contributed by atoms with E-state index in [1.54, 1.807) is 36.7 Å². The van der Waals surface area contributed by atoms with E-state index in [4.69, 9.17) is 0 Å². The number of benzene rings is 3. The molecule has 3 aromatic carbocycles. The summed E-state index contributed by atoms with van der Waals surface area (Å²) in [5, 5.41) is 7.21. The van der Waals surface area contributed by atoms with Crippen LogP contribution in [-0.4, -0.2) is 15.9 Å². The van der Waals surface area contributed by atoms with Gasteiger partial charge in [-0.25, -0.2) is 8.78 Å². The Kier molecular flexibility index (Phi) is 5.97. The Labute approximate surface area is 200 Å². The Balaban J connectivity index is 1.45. The highest BCUT2D eigenvalue weighted by atomic mass is 19.2. The average Bonchev–Trinajstić information content (AvgIpc) is 3.17. The largest absolute Gasteiger partial charge is 0.358 e. The van der Waals surface area contributed by atoms with Gasteiger partial charge in [-0.2, -0.15) is 0 Å². The number of hydrogen-bond acceptors (Lipinski definition) is 3. The number of para-hydroxylation sites is 1. The first-order valence-corrected chi connectivity index (χ1v) is 11.1. The van der Waals surface area contributed by atoms with E-state index in [1.165, 1.54) is 6.07 Å². The molecule has 3 N–H and O–H groups in total. The summed E-state index contributed by atoms with van der Waals surface area (Å²) in [6.45, 7) is 1.95. The van der Waals surface area contributed by atoms with E-state index in [-0.39, 0.29) is 12.3 Å². The molecule has 7 heteroatoms. The van der Waals surface area contributed by atoms with Crippen LogP contribution in [0.4, 0.5) is 25.8 Å². The number of hydrogen-bond donors (Lipinski definition) is 3. The maximum Gasteiger partial charge on any atom is 0.228 e. The monoisotopic (exact) mass is 468 g/mol. The first-order valence-electron chi connectivity index (χ1n) is 11.1. The Bertz CT molecular complexity index is 1530. The number of fused-ring (bicyclic) bond motifs is 1. The molecule has 2 aromatic heterocycles. The molecule has 2 heterocycles. The third kappa shape index (κ3) is 4.75. The lowest BCUT2D eigenvalue weighted by atomic mass is 10.0. The molecule has 0 aliphatic heterocycles. The van der Waals surface area contributed by atoms with Crippen LogP contribution in [0.25, 0.3) is 22.0 Å². The second-order valence-corrected chi connectivity index (χ2v) is 8.26. The minimum atomic E-state index is -0.945. The topological polar surface area (TPSA) is 69.8 Å². The highest BCUT2D eigenvalue weighted by Gasteiger charge is 2.15. The summed E-state index contributed by atoms with van der Waals surface area (Å²) in [7, 11) is 0. The minimum absolute atomic E-state index is 0.179. The Hall–Kier alpha value is -4.52. The number of aromatic amines is 1. The van der Waals surface area contributed by atoms with E-state index in [9.17, 15) is 13.6 Å². The third-order valence-electron chi connectivity index (χ3n) is 5.84. The summed E-state index contributed by atoms with van der Waals surface area (Å²) in [6.07, 6.45) is 3.52. The number of aromatic nitrogens is 2. The molecule has 0 bridgehead atoms. The van der Waals surface area contributed by atoms with Crippen LogP contribution in [0.2, 0.25) is 0 Å². The van der Waals surface area contributed by atoms with E-state index >= 15 is 0 Å². The number of nitrogens with zero attached hydrogens (tertiary/aromatic N) is 1. The Morgan fingerprint density at radius 2 is 1.80 bits per heavy atom. The van der Waals surface area contributed by atoms with E-state index in [0.29, 0.717) is 22.5 Å². The Morgan fingerprint density at radius 1 is 0.943 bits per heavy atom. The first-order chi connectivity index (χ1) is 17.0. The highest BCUT2D eigenvalue weighted by molar-refractivity contribution is 5.97. The van der Waals surface area contributed by atoms with Crippen LogP contribution in [0.1, 0.15) is 11.3 Å². The van der Waals surface area contributed by atoms with Gasteiger partial charge in [0.05, 0.1) is 18.3 Å². The number of amides is 1. The average molecular weight is 469 g/mol. The number of nitrogens with one attached hydrogen (secondary N) is 3. The van der Waals surface area contributed by atoms with Crippen LogP contribution in [0.15, 0.2) is 85.2 Å². The van der Waals surface area contributed by atoms with Crippen LogP contribution in [0.3, 0.4) is 0 Å². The molecule has 0 saturated carbocycles. The molecule has 174 valence electrons. The maximum atomic E-state index is 14.0. The molecule has 0 saturated heterocycles. The highest BCUT2D eigenvalue weighted by Crippen LogP contribution is 2.34. The van der Waals surface area contributed by atoms with E-state index in [1.807, 2.05) is 37.3 Å². The summed E-state index contributed by atoms with van der Waals surface area (Å²) < 4.78 is 27.6. The van der Waals surface area contributed by atoms with Gasteiger partial charge in [0.25, 0.3) is 0 Å². The number of halogens is 2.